The predicted octanol–water partition coefficient (Wildman–Crippen LogP) is 3.28. The quantitative estimate of drug-likeness (QED) is 0.643. The number of benzene rings is 1. The molecule has 14 heavy (non-hydrogen) atoms. The SMILES string of the molecule is N#C/C=C(\Cl)c1ccc2c(c1)CCC2. The van der Waals surface area contributed by atoms with Crippen LogP contribution in [-0.4, -0.2) is 0 Å². The average molecular weight is 204 g/mol. The summed E-state index contributed by atoms with van der Waals surface area (Å²) in [5.74, 6) is 0. The molecular weight excluding hydrogens is 194 g/mol. The smallest absolute Gasteiger partial charge is 0.0927 e. The van der Waals surface area contributed by atoms with Crippen LogP contribution >= 0.6 is 11.6 Å². The first-order valence-electron chi connectivity index (χ1n) is 4.69. The molecule has 1 aliphatic carbocycles. The highest BCUT2D eigenvalue weighted by Crippen LogP contribution is 2.27. The number of nitrogens with zero attached hydrogens (tertiary/aromatic N) is 1. The molecule has 0 fully saturated rings. The van der Waals surface area contributed by atoms with E-state index in [1.54, 1.807) is 0 Å². The molecule has 0 saturated heterocycles. The number of hydrogen-bond acceptors (Lipinski definition) is 1. The summed E-state index contributed by atoms with van der Waals surface area (Å²) in [6.45, 7) is 0. The van der Waals surface area contributed by atoms with Crippen LogP contribution in [0.25, 0.3) is 5.03 Å². The standard InChI is InChI=1S/C12H10ClN/c13-12(6-7-14)11-5-4-9-2-1-3-10(9)8-11/h4-6,8H,1-3H2/b12-6-. The van der Waals surface area contributed by atoms with Gasteiger partial charge in [0.15, 0.2) is 0 Å². The van der Waals surface area contributed by atoms with Crippen molar-refractivity contribution in [2.75, 3.05) is 0 Å². The van der Waals surface area contributed by atoms with Gasteiger partial charge in [0.25, 0.3) is 0 Å². The maximum Gasteiger partial charge on any atom is 0.0927 e. The number of allylic oxidation sites excluding steroid dienone is 1. The molecule has 70 valence electrons. The van der Waals surface area contributed by atoms with Crippen LogP contribution in [0, 0.1) is 11.3 Å². The van der Waals surface area contributed by atoms with Gasteiger partial charge in [0, 0.05) is 6.08 Å². The van der Waals surface area contributed by atoms with Crippen molar-refractivity contribution in [2.24, 2.45) is 0 Å². The Labute approximate surface area is 88.6 Å². The van der Waals surface area contributed by atoms with Crippen molar-refractivity contribution in [3.05, 3.63) is 41.0 Å². The van der Waals surface area contributed by atoms with Crippen LogP contribution in [0.4, 0.5) is 0 Å². The van der Waals surface area contributed by atoms with E-state index < -0.39 is 0 Å². The summed E-state index contributed by atoms with van der Waals surface area (Å²) in [5, 5.41) is 9.01. The summed E-state index contributed by atoms with van der Waals surface area (Å²) >= 11 is 5.95. The third-order valence-corrected chi connectivity index (χ3v) is 2.89. The molecule has 0 heterocycles. The lowest BCUT2D eigenvalue weighted by Gasteiger charge is -2.02. The summed E-state index contributed by atoms with van der Waals surface area (Å²) < 4.78 is 0. The lowest BCUT2D eigenvalue weighted by Crippen LogP contribution is -1.84. The molecule has 0 atom stereocenters. The Hall–Kier alpha value is -1.26. The third kappa shape index (κ3) is 1.66. The van der Waals surface area contributed by atoms with E-state index in [-0.39, 0.29) is 0 Å². The van der Waals surface area contributed by atoms with Crippen molar-refractivity contribution in [3.8, 4) is 6.07 Å². The van der Waals surface area contributed by atoms with E-state index in [2.05, 4.69) is 12.1 Å². The molecule has 2 rings (SSSR count). The van der Waals surface area contributed by atoms with Crippen LogP contribution in [-0.2, 0) is 12.8 Å². The third-order valence-electron chi connectivity index (χ3n) is 2.57. The molecular formula is C12H10ClN. The Morgan fingerprint density at radius 1 is 1.36 bits per heavy atom. The highest BCUT2D eigenvalue weighted by molar-refractivity contribution is 6.49. The zero-order valence-corrected chi connectivity index (χ0v) is 8.51. The Bertz CT molecular complexity index is 426. The fraction of sp³-hybridized carbons (Fsp3) is 0.250. The second kappa shape index (κ2) is 3.86. The van der Waals surface area contributed by atoms with Gasteiger partial charge in [-0.25, -0.2) is 0 Å². The molecule has 0 aromatic heterocycles. The summed E-state index contributed by atoms with van der Waals surface area (Å²) in [4.78, 5) is 0. The summed E-state index contributed by atoms with van der Waals surface area (Å²) in [7, 11) is 0. The van der Waals surface area contributed by atoms with Gasteiger partial charge in [0.05, 0.1) is 11.1 Å². The average Bonchev–Trinajstić information content (AvgIpc) is 2.64. The topological polar surface area (TPSA) is 23.8 Å². The summed E-state index contributed by atoms with van der Waals surface area (Å²) in [6, 6.07) is 8.14. The Kier molecular flexibility index (Phi) is 2.56. The molecule has 0 amide bonds. The van der Waals surface area contributed by atoms with E-state index in [4.69, 9.17) is 16.9 Å². The summed E-state index contributed by atoms with van der Waals surface area (Å²) in [6.07, 6.45) is 4.92. The van der Waals surface area contributed by atoms with Gasteiger partial charge < -0.3 is 0 Å². The van der Waals surface area contributed by atoms with Gasteiger partial charge in [-0.15, -0.1) is 0 Å². The van der Waals surface area contributed by atoms with Crippen molar-refractivity contribution in [2.45, 2.75) is 19.3 Å². The van der Waals surface area contributed by atoms with E-state index in [9.17, 15) is 0 Å². The molecule has 1 aromatic carbocycles. The largest absolute Gasteiger partial charge is 0.193 e. The molecule has 0 radical (unpaired) electrons. The van der Waals surface area contributed by atoms with Crippen molar-refractivity contribution < 1.29 is 0 Å². The van der Waals surface area contributed by atoms with Gasteiger partial charge in [0.2, 0.25) is 0 Å². The van der Waals surface area contributed by atoms with Gasteiger partial charge >= 0.3 is 0 Å². The molecule has 2 heteroatoms. The minimum absolute atomic E-state index is 0.530. The van der Waals surface area contributed by atoms with Crippen LogP contribution in [0.3, 0.4) is 0 Å². The number of nitriles is 1. The number of halogens is 1. The fourth-order valence-corrected chi connectivity index (χ4v) is 2.03. The second-order valence-corrected chi connectivity index (χ2v) is 3.87. The zero-order valence-electron chi connectivity index (χ0n) is 7.76. The Morgan fingerprint density at radius 3 is 2.93 bits per heavy atom. The van der Waals surface area contributed by atoms with Gasteiger partial charge in [-0.05, 0) is 42.0 Å². The van der Waals surface area contributed by atoms with Crippen LogP contribution in [0.15, 0.2) is 24.3 Å². The van der Waals surface area contributed by atoms with Crippen molar-refractivity contribution in [3.63, 3.8) is 0 Å². The molecule has 0 spiro atoms. The number of hydrogen-bond donors (Lipinski definition) is 0. The molecule has 0 N–H and O–H groups in total. The maximum absolute atomic E-state index is 8.48. The van der Waals surface area contributed by atoms with Crippen molar-refractivity contribution in [1.82, 2.24) is 0 Å². The van der Waals surface area contributed by atoms with Gasteiger partial charge in [-0.1, -0.05) is 23.7 Å². The number of fused-ring (bicyclic) bond motifs is 1. The van der Waals surface area contributed by atoms with E-state index in [1.165, 1.54) is 30.0 Å². The minimum Gasteiger partial charge on any atom is -0.193 e. The second-order valence-electron chi connectivity index (χ2n) is 3.46. The predicted molar refractivity (Wildman–Crippen MR) is 57.9 cm³/mol. The van der Waals surface area contributed by atoms with Gasteiger partial charge in [-0.3, -0.25) is 0 Å². The van der Waals surface area contributed by atoms with E-state index in [1.807, 2.05) is 12.1 Å². The van der Waals surface area contributed by atoms with Gasteiger partial charge in [-0.2, -0.15) is 5.26 Å². The van der Waals surface area contributed by atoms with E-state index in [0.717, 1.165) is 12.0 Å². The maximum atomic E-state index is 8.48. The van der Waals surface area contributed by atoms with Crippen LogP contribution in [0.5, 0.6) is 0 Å². The highest BCUT2D eigenvalue weighted by atomic mass is 35.5. The minimum atomic E-state index is 0.530. The number of rotatable bonds is 1. The van der Waals surface area contributed by atoms with Crippen molar-refractivity contribution >= 4 is 16.6 Å². The molecule has 1 nitrogen and oxygen atoms in total. The monoisotopic (exact) mass is 203 g/mol. The molecule has 0 unspecified atom stereocenters. The first-order chi connectivity index (χ1) is 6.81. The molecule has 0 saturated carbocycles. The molecule has 1 aliphatic rings. The van der Waals surface area contributed by atoms with Crippen LogP contribution in [0.1, 0.15) is 23.1 Å². The normalized spacial score (nSPS) is 15.0. The zero-order chi connectivity index (χ0) is 9.97. The molecule has 0 aliphatic heterocycles. The molecule has 1 aromatic rings. The highest BCUT2D eigenvalue weighted by Gasteiger charge is 2.11. The first-order valence-corrected chi connectivity index (χ1v) is 5.06. The Morgan fingerprint density at radius 2 is 2.14 bits per heavy atom. The first kappa shape index (κ1) is 9.30. The molecule has 0 bridgehead atoms. The van der Waals surface area contributed by atoms with E-state index >= 15 is 0 Å². The van der Waals surface area contributed by atoms with Gasteiger partial charge in [0.1, 0.15) is 0 Å². The lowest BCUT2D eigenvalue weighted by molar-refractivity contribution is 0.912. The fourth-order valence-electron chi connectivity index (χ4n) is 1.86. The number of aryl methyl sites for hydroxylation is 2. The van der Waals surface area contributed by atoms with Crippen molar-refractivity contribution in [1.29, 1.82) is 5.26 Å². The lowest BCUT2D eigenvalue weighted by atomic mass is 10.1. The van der Waals surface area contributed by atoms with E-state index in [0.29, 0.717) is 5.03 Å². The van der Waals surface area contributed by atoms with Crippen LogP contribution in [0.2, 0.25) is 0 Å². The van der Waals surface area contributed by atoms with Crippen LogP contribution < -0.4 is 0 Å². The summed E-state index contributed by atoms with van der Waals surface area (Å²) in [5.41, 5.74) is 3.76. The Balaban J connectivity index is 2.39.